The van der Waals surface area contributed by atoms with Crippen molar-refractivity contribution in [2.75, 3.05) is 6.54 Å². The molecule has 4 aromatic rings. The van der Waals surface area contributed by atoms with Crippen molar-refractivity contribution < 1.29 is 9.18 Å². The number of amides is 1. The predicted octanol–water partition coefficient (Wildman–Crippen LogP) is 2.78. The summed E-state index contributed by atoms with van der Waals surface area (Å²) in [5.41, 5.74) is 2.59. The number of tetrazole rings is 1. The Morgan fingerprint density at radius 1 is 1.20 bits per heavy atom. The molecule has 0 saturated carbocycles. The third-order valence-corrected chi connectivity index (χ3v) is 4.71. The molecule has 0 spiro atoms. The quantitative estimate of drug-likeness (QED) is 0.509. The van der Waals surface area contributed by atoms with Crippen LogP contribution in [-0.2, 0) is 13.0 Å². The van der Waals surface area contributed by atoms with Gasteiger partial charge >= 0.3 is 0 Å². The molecular formula is C21H22FN7O. The highest BCUT2D eigenvalue weighted by molar-refractivity contribution is 5.97. The molecule has 0 radical (unpaired) electrons. The predicted molar refractivity (Wildman–Crippen MR) is 110 cm³/mol. The van der Waals surface area contributed by atoms with Gasteiger partial charge in [-0.05, 0) is 46.7 Å². The van der Waals surface area contributed by atoms with E-state index in [0.29, 0.717) is 24.6 Å². The lowest BCUT2D eigenvalue weighted by molar-refractivity contribution is 0.0953. The lowest BCUT2D eigenvalue weighted by atomic mass is 10.1. The van der Waals surface area contributed by atoms with Crippen LogP contribution in [0.25, 0.3) is 16.7 Å². The second-order valence-corrected chi connectivity index (χ2v) is 7.44. The number of hydrogen-bond donors (Lipinski definition) is 1. The number of imidazole rings is 1. The van der Waals surface area contributed by atoms with E-state index in [0.717, 1.165) is 23.4 Å². The van der Waals surface area contributed by atoms with Crippen LogP contribution in [0.3, 0.4) is 0 Å². The van der Waals surface area contributed by atoms with Crippen LogP contribution in [0.5, 0.6) is 0 Å². The summed E-state index contributed by atoms with van der Waals surface area (Å²) in [6, 6.07) is 11.9. The maximum Gasteiger partial charge on any atom is 0.253 e. The zero-order valence-corrected chi connectivity index (χ0v) is 16.8. The third-order valence-electron chi connectivity index (χ3n) is 4.71. The van der Waals surface area contributed by atoms with E-state index < -0.39 is 11.7 Å². The molecular weight excluding hydrogens is 385 g/mol. The fourth-order valence-corrected chi connectivity index (χ4v) is 3.43. The van der Waals surface area contributed by atoms with E-state index in [1.807, 2.05) is 18.2 Å². The molecule has 0 aliphatic heterocycles. The number of hydrogen-bond acceptors (Lipinski definition) is 5. The molecule has 154 valence electrons. The van der Waals surface area contributed by atoms with Crippen LogP contribution in [0.2, 0.25) is 0 Å². The highest BCUT2D eigenvalue weighted by Crippen LogP contribution is 2.19. The molecule has 30 heavy (non-hydrogen) atoms. The van der Waals surface area contributed by atoms with E-state index >= 15 is 0 Å². The summed E-state index contributed by atoms with van der Waals surface area (Å²) in [6.45, 7) is 5.53. The summed E-state index contributed by atoms with van der Waals surface area (Å²) in [6.07, 6.45) is 1.92. The first-order chi connectivity index (χ1) is 14.5. The molecule has 9 heteroatoms. The van der Waals surface area contributed by atoms with Crippen molar-refractivity contribution in [1.82, 2.24) is 35.1 Å². The van der Waals surface area contributed by atoms with Gasteiger partial charge in [0.2, 0.25) is 0 Å². The Bertz CT molecular complexity index is 1170. The Morgan fingerprint density at radius 3 is 2.80 bits per heavy atom. The zero-order valence-electron chi connectivity index (χ0n) is 16.8. The number of nitrogens with one attached hydrogen (secondary N) is 1. The van der Waals surface area contributed by atoms with Gasteiger partial charge in [0.15, 0.2) is 0 Å². The molecule has 2 aromatic heterocycles. The van der Waals surface area contributed by atoms with Crippen LogP contribution in [0.1, 0.15) is 30.0 Å². The normalized spacial score (nSPS) is 11.3. The van der Waals surface area contributed by atoms with Crippen molar-refractivity contribution in [1.29, 1.82) is 0 Å². The Labute approximate surface area is 172 Å². The highest BCUT2D eigenvalue weighted by atomic mass is 19.1. The Morgan fingerprint density at radius 2 is 2.03 bits per heavy atom. The fourth-order valence-electron chi connectivity index (χ4n) is 3.43. The average molecular weight is 407 g/mol. The minimum atomic E-state index is -0.504. The van der Waals surface area contributed by atoms with Gasteiger partial charge < -0.3 is 9.88 Å². The van der Waals surface area contributed by atoms with Gasteiger partial charge in [-0.2, -0.15) is 4.68 Å². The van der Waals surface area contributed by atoms with Gasteiger partial charge in [0, 0.05) is 19.5 Å². The topological polar surface area (TPSA) is 90.5 Å². The first-order valence-electron chi connectivity index (χ1n) is 9.78. The van der Waals surface area contributed by atoms with E-state index in [9.17, 15) is 9.18 Å². The van der Waals surface area contributed by atoms with Crippen LogP contribution in [0.15, 0.2) is 48.8 Å². The minimum Gasteiger partial charge on any atom is -0.352 e. The SMILES string of the molecule is CC(C)Cn1c(CCNC(=O)c2cc(F)ccc2-n2cnnn2)nc2ccccc21. The summed E-state index contributed by atoms with van der Waals surface area (Å²) in [7, 11) is 0. The van der Waals surface area contributed by atoms with Gasteiger partial charge in [0.25, 0.3) is 5.91 Å². The maximum absolute atomic E-state index is 13.8. The number of carbonyl (C=O) groups is 1. The number of rotatable bonds is 7. The van der Waals surface area contributed by atoms with E-state index in [1.165, 1.54) is 29.2 Å². The Hall–Kier alpha value is -3.62. The molecule has 0 unspecified atom stereocenters. The summed E-state index contributed by atoms with van der Waals surface area (Å²) in [5.74, 6) is 0.467. The second kappa shape index (κ2) is 8.40. The van der Waals surface area contributed by atoms with Gasteiger partial charge in [0.05, 0.1) is 22.3 Å². The molecule has 4 rings (SSSR count). The van der Waals surface area contributed by atoms with Crippen molar-refractivity contribution in [2.45, 2.75) is 26.8 Å². The largest absolute Gasteiger partial charge is 0.352 e. The van der Waals surface area contributed by atoms with Crippen molar-refractivity contribution in [3.63, 3.8) is 0 Å². The number of carbonyl (C=O) groups excluding carboxylic acids is 1. The molecule has 2 heterocycles. The standard InChI is InChI=1S/C21H22FN7O/c1-14(2)12-28-19-6-4-3-5-17(19)25-20(28)9-10-23-21(30)16-11-15(22)7-8-18(16)29-13-24-26-27-29/h3-8,11,13-14H,9-10,12H2,1-2H3,(H,23,30). The maximum atomic E-state index is 13.8. The molecule has 0 saturated heterocycles. The summed E-state index contributed by atoms with van der Waals surface area (Å²) in [5, 5.41) is 13.8. The van der Waals surface area contributed by atoms with Crippen molar-refractivity contribution in [3.05, 3.63) is 66.0 Å². The second-order valence-electron chi connectivity index (χ2n) is 7.44. The average Bonchev–Trinajstić information content (AvgIpc) is 3.36. The molecule has 0 fully saturated rings. The van der Waals surface area contributed by atoms with Crippen molar-refractivity contribution in [3.8, 4) is 5.69 Å². The van der Waals surface area contributed by atoms with Crippen LogP contribution >= 0.6 is 0 Å². The fraction of sp³-hybridized carbons (Fsp3) is 0.286. The number of para-hydroxylation sites is 2. The summed E-state index contributed by atoms with van der Waals surface area (Å²) >= 11 is 0. The first-order valence-corrected chi connectivity index (χ1v) is 9.78. The highest BCUT2D eigenvalue weighted by Gasteiger charge is 2.16. The van der Waals surface area contributed by atoms with Crippen LogP contribution in [-0.4, -0.2) is 42.2 Å². The Kier molecular flexibility index (Phi) is 5.51. The monoisotopic (exact) mass is 407 g/mol. The zero-order chi connectivity index (χ0) is 21.1. The number of aromatic nitrogens is 6. The molecule has 0 bridgehead atoms. The lowest BCUT2D eigenvalue weighted by Gasteiger charge is -2.13. The van der Waals surface area contributed by atoms with E-state index in [4.69, 9.17) is 4.98 Å². The summed E-state index contributed by atoms with van der Waals surface area (Å²) in [4.78, 5) is 17.5. The Balaban J connectivity index is 1.52. The van der Waals surface area contributed by atoms with Crippen LogP contribution < -0.4 is 5.32 Å². The van der Waals surface area contributed by atoms with Crippen LogP contribution in [0, 0.1) is 11.7 Å². The van der Waals surface area contributed by atoms with Gasteiger partial charge in [-0.25, -0.2) is 9.37 Å². The third kappa shape index (κ3) is 4.05. The lowest BCUT2D eigenvalue weighted by Crippen LogP contribution is -2.28. The number of nitrogens with zero attached hydrogens (tertiary/aromatic N) is 6. The van der Waals surface area contributed by atoms with Gasteiger partial charge in [-0.1, -0.05) is 26.0 Å². The molecule has 0 atom stereocenters. The van der Waals surface area contributed by atoms with Crippen molar-refractivity contribution >= 4 is 16.9 Å². The van der Waals surface area contributed by atoms with E-state index in [-0.39, 0.29) is 5.56 Å². The van der Waals surface area contributed by atoms with Gasteiger partial charge in [-0.3, -0.25) is 4.79 Å². The van der Waals surface area contributed by atoms with Crippen LogP contribution in [0.4, 0.5) is 4.39 Å². The molecule has 1 amide bonds. The van der Waals surface area contributed by atoms with E-state index in [1.54, 1.807) is 0 Å². The van der Waals surface area contributed by atoms with Gasteiger partial charge in [0.1, 0.15) is 18.0 Å². The number of fused-ring (bicyclic) bond motifs is 1. The molecule has 8 nitrogen and oxygen atoms in total. The molecule has 2 aromatic carbocycles. The van der Waals surface area contributed by atoms with Gasteiger partial charge in [-0.15, -0.1) is 5.10 Å². The smallest absolute Gasteiger partial charge is 0.253 e. The molecule has 0 aliphatic rings. The summed E-state index contributed by atoms with van der Waals surface area (Å²) < 4.78 is 17.3. The molecule has 0 aliphatic carbocycles. The first kappa shape index (κ1) is 19.7. The van der Waals surface area contributed by atoms with E-state index in [2.05, 4.69) is 45.3 Å². The molecule has 1 N–H and O–H groups in total. The van der Waals surface area contributed by atoms with Crippen molar-refractivity contribution in [2.24, 2.45) is 5.92 Å². The number of halogens is 1. The number of benzene rings is 2. The minimum absolute atomic E-state index is 0.165.